The number of nitrogens with two attached hydrogens (primary N) is 1. The summed E-state index contributed by atoms with van der Waals surface area (Å²) >= 11 is 0. The number of carboxylic acid groups (broad SMARTS) is 2. The largest absolute Gasteiger partial charge is 0.480 e. The molecule has 1 heterocycles. The molecule has 1 aliphatic heterocycles. The Morgan fingerprint density at radius 3 is 2.47 bits per heavy atom. The van der Waals surface area contributed by atoms with E-state index in [1.807, 2.05) is 4.90 Å². The number of carboxylic acids is 1. The lowest BCUT2D eigenvalue weighted by atomic mass is 10.2. The first-order valence-electron chi connectivity index (χ1n) is 4.71. The average molecular weight is 217 g/mol. The van der Waals surface area contributed by atoms with Gasteiger partial charge in [-0.1, -0.05) is 0 Å². The van der Waals surface area contributed by atoms with E-state index in [-0.39, 0.29) is 13.1 Å². The lowest BCUT2D eigenvalue weighted by Crippen LogP contribution is -2.58. The smallest absolute Gasteiger partial charge is 0.408 e. The fraction of sp³-hybridized carbons (Fsp3) is 0.750. The van der Waals surface area contributed by atoms with Gasteiger partial charge in [0.25, 0.3) is 0 Å². The molecule has 1 rings (SSSR count). The monoisotopic (exact) mass is 217 g/mol. The third kappa shape index (κ3) is 2.80. The number of amides is 1. The summed E-state index contributed by atoms with van der Waals surface area (Å²) < 4.78 is 0. The molecule has 15 heavy (non-hydrogen) atoms. The van der Waals surface area contributed by atoms with Crippen LogP contribution in [0.4, 0.5) is 4.79 Å². The lowest BCUT2D eigenvalue weighted by molar-refractivity contribution is -0.144. The van der Waals surface area contributed by atoms with E-state index in [4.69, 9.17) is 15.9 Å². The van der Waals surface area contributed by atoms with E-state index < -0.39 is 18.1 Å². The second-order valence-corrected chi connectivity index (χ2v) is 3.42. The van der Waals surface area contributed by atoms with Gasteiger partial charge >= 0.3 is 12.1 Å². The van der Waals surface area contributed by atoms with Crippen LogP contribution >= 0.6 is 0 Å². The van der Waals surface area contributed by atoms with E-state index in [1.165, 1.54) is 0 Å². The molecule has 7 heteroatoms. The van der Waals surface area contributed by atoms with Crippen LogP contribution in [-0.4, -0.2) is 70.8 Å². The number of aliphatic carboxylic acids is 1. The zero-order chi connectivity index (χ0) is 11.4. The Labute approximate surface area is 87.1 Å². The van der Waals surface area contributed by atoms with E-state index >= 15 is 0 Å². The quantitative estimate of drug-likeness (QED) is 0.542. The van der Waals surface area contributed by atoms with E-state index in [1.54, 1.807) is 0 Å². The van der Waals surface area contributed by atoms with Crippen molar-refractivity contribution in [1.82, 2.24) is 9.80 Å². The SMILES string of the molecule is NCCN1CCN(C(=O)O)C(C(=O)O)C1. The predicted molar refractivity (Wildman–Crippen MR) is 51.6 cm³/mol. The summed E-state index contributed by atoms with van der Waals surface area (Å²) in [4.78, 5) is 24.4. The van der Waals surface area contributed by atoms with Crippen LogP contribution in [0.15, 0.2) is 0 Å². The van der Waals surface area contributed by atoms with Crippen molar-refractivity contribution in [3.05, 3.63) is 0 Å². The highest BCUT2D eigenvalue weighted by molar-refractivity contribution is 5.79. The summed E-state index contributed by atoms with van der Waals surface area (Å²) in [6.45, 7) is 2.00. The topological polar surface area (TPSA) is 107 Å². The molecule has 1 atom stereocenters. The molecule has 86 valence electrons. The van der Waals surface area contributed by atoms with Crippen LogP contribution in [-0.2, 0) is 4.79 Å². The maximum atomic E-state index is 10.9. The molecule has 0 aliphatic carbocycles. The molecular weight excluding hydrogens is 202 g/mol. The molecule has 1 fully saturated rings. The number of hydrogen-bond donors (Lipinski definition) is 3. The minimum Gasteiger partial charge on any atom is -0.480 e. The zero-order valence-corrected chi connectivity index (χ0v) is 8.30. The fourth-order valence-electron chi connectivity index (χ4n) is 1.67. The molecule has 0 aromatic heterocycles. The van der Waals surface area contributed by atoms with Gasteiger partial charge in [-0.05, 0) is 0 Å². The second kappa shape index (κ2) is 4.94. The Bertz CT molecular complexity index is 258. The number of hydrogen-bond acceptors (Lipinski definition) is 4. The van der Waals surface area contributed by atoms with Crippen molar-refractivity contribution in [3.8, 4) is 0 Å². The van der Waals surface area contributed by atoms with E-state index in [0.717, 1.165) is 4.90 Å². The molecule has 1 amide bonds. The summed E-state index contributed by atoms with van der Waals surface area (Å²) in [6, 6.07) is -0.984. The van der Waals surface area contributed by atoms with Crippen LogP contribution < -0.4 is 5.73 Å². The molecule has 0 aromatic rings. The maximum absolute atomic E-state index is 10.9. The summed E-state index contributed by atoms with van der Waals surface area (Å²) in [5.74, 6) is -1.11. The zero-order valence-electron chi connectivity index (χ0n) is 8.30. The number of rotatable bonds is 3. The second-order valence-electron chi connectivity index (χ2n) is 3.42. The normalized spacial score (nSPS) is 22.7. The van der Waals surface area contributed by atoms with Crippen LogP contribution in [0.2, 0.25) is 0 Å². The molecule has 1 unspecified atom stereocenters. The molecule has 1 aliphatic rings. The summed E-state index contributed by atoms with van der Waals surface area (Å²) in [5.41, 5.74) is 5.36. The van der Waals surface area contributed by atoms with Gasteiger partial charge in [0.2, 0.25) is 0 Å². The molecule has 4 N–H and O–H groups in total. The van der Waals surface area contributed by atoms with Crippen molar-refractivity contribution in [2.45, 2.75) is 6.04 Å². The highest BCUT2D eigenvalue weighted by Crippen LogP contribution is 2.09. The summed E-state index contributed by atoms with van der Waals surface area (Å²) in [5, 5.41) is 17.7. The Morgan fingerprint density at radius 1 is 1.33 bits per heavy atom. The average Bonchev–Trinajstić information content (AvgIpc) is 2.17. The van der Waals surface area contributed by atoms with Gasteiger partial charge in [0.05, 0.1) is 0 Å². The molecule has 0 saturated carbocycles. The van der Waals surface area contributed by atoms with Gasteiger partial charge in [-0.25, -0.2) is 9.59 Å². The van der Waals surface area contributed by atoms with Crippen LogP contribution in [0, 0.1) is 0 Å². The first-order valence-corrected chi connectivity index (χ1v) is 4.71. The first-order chi connectivity index (χ1) is 7.06. The Balaban J connectivity index is 2.65. The molecule has 7 nitrogen and oxygen atoms in total. The third-order valence-corrected chi connectivity index (χ3v) is 2.44. The van der Waals surface area contributed by atoms with Crippen molar-refractivity contribution in [2.75, 3.05) is 32.7 Å². The summed E-state index contributed by atoms with van der Waals surface area (Å²) in [7, 11) is 0. The van der Waals surface area contributed by atoms with Crippen LogP contribution in [0.25, 0.3) is 0 Å². The van der Waals surface area contributed by atoms with Crippen LogP contribution in [0.5, 0.6) is 0 Å². The highest BCUT2D eigenvalue weighted by atomic mass is 16.4. The van der Waals surface area contributed by atoms with Gasteiger partial charge in [0, 0.05) is 32.7 Å². The predicted octanol–water partition coefficient (Wildman–Crippen LogP) is -1.31. The molecule has 0 spiro atoms. The Morgan fingerprint density at radius 2 is 2.00 bits per heavy atom. The van der Waals surface area contributed by atoms with Gasteiger partial charge in [-0.2, -0.15) is 0 Å². The molecule has 0 aromatic carbocycles. The third-order valence-electron chi connectivity index (χ3n) is 2.44. The van der Waals surface area contributed by atoms with Crippen LogP contribution in [0.1, 0.15) is 0 Å². The Kier molecular flexibility index (Phi) is 3.87. The summed E-state index contributed by atoms with van der Waals surface area (Å²) in [6.07, 6.45) is -1.19. The van der Waals surface area contributed by atoms with Crippen molar-refractivity contribution in [3.63, 3.8) is 0 Å². The van der Waals surface area contributed by atoms with Gasteiger partial charge in [-0.15, -0.1) is 0 Å². The van der Waals surface area contributed by atoms with Gasteiger partial charge < -0.3 is 15.9 Å². The Hall–Kier alpha value is -1.34. The first kappa shape index (κ1) is 11.7. The van der Waals surface area contributed by atoms with Gasteiger partial charge in [-0.3, -0.25) is 9.80 Å². The number of carbonyl (C=O) groups is 2. The number of nitrogens with zero attached hydrogens (tertiary/aromatic N) is 2. The molecule has 0 radical (unpaired) electrons. The molecule has 1 saturated heterocycles. The molecular formula is C8H15N3O4. The van der Waals surface area contributed by atoms with Gasteiger partial charge in [0.1, 0.15) is 6.04 Å². The van der Waals surface area contributed by atoms with E-state index in [9.17, 15) is 9.59 Å². The van der Waals surface area contributed by atoms with Crippen LogP contribution in [0.3, 0.4) is 0 Å². The molecule has 0 bridgehead atoms. The lowest BCUT2D eigenvalue weighted by Gasteiger charge is -2.37. The van der Waals surface area contributed by atoms with Crippen molar-refractivity contribution in [1.29, 1.82) is 0 Å². The van der Waals surface area contributed by atoms with Crippen molar-refractivity contribution < 1.29 is 19.8 Å². The standard InChI is InChI=1S/C8H15N3O4/c9-1-2-10-3-4-11(8(14)15)6(5-10)7(12)13/h6H,1-5,9H2,(H,12,13)(H,14,15). The fourth-order valence-corrected chi connectivity index (χ4v) is 1.67. The van der Waals surface area contributed by atoms with Crippen molar-refractivity contribution >= 4 is 12.1 Å². The minimum absolute atomic E-state index is 0.207. The maximum Gasteiger partial charge on any atom is 0.408 e. The van der Waals surface area contributed by atoms with E-state index in [2.05, 4.69) is 0 Å². The van der Waals surface area contributed by atoms with E-state index in [0.29, 0.717) is 19.6 Å². The number of piperazine rings is 1. The minimum atomic E-state index is -1.19. The van der Waals surface area contributed by atoms with Crippen molar-refractivity contribution in [2.24, 2.45) is 5.73 Å². The highest BCUT2D eigenvalue weighted by Gasteiger charge is 2.34. The van der Waals surface area contributed by atoms with Gasteiger partial charge in [0.15, 0.2) is 0 Å².